The van der Waals surface area contributed by atoms with Crippen molar-refractivity contribution in [3.8, 4) is 0 Å². The van der Waals surface area contributed by atoms with Gasteiger partial charge in [-0.15, -0.1) is 11.3 Å². The Morgan fingerprint density at radius 2 is 2.05 bits per heavy atom. The fraction of sp³-hybridized carbons (Fsp3) is 0.692. The highest BCUT2D eigenvalue weighted by Crippen LogP contribution is 2.32. The molecule has 0 aromatic carbocycles. The van der Waals surface area contributed by atoms with E-state index in [1.807, 2.05) is 6.07 Å². The van der Waals surface area contributed by atoms with Crippen molar-refractivity contribution in [1.29, 1.82) is 0 Å². The summed E-state index contributed by atoms with van der Waals surface area (Å²) in [6.07, 6.45) is 3.23. The second-order valence-electron chi connectivity index (χ2n) is 5.63. The Kier molecular flexibility index (Phi) is 3.89. The van der Waals surface area contributed by atoms with Crippen LogP contribution in [0.2, 0.25) is 0 Å². The van der Waals surface area contributed by atoms with Crippen LogP contribution in [0, 0.1) is 0 Å². The molecule has 0 amide bonds. The lowest BCUT2D eigenvalue weighted by Crippen LogP contribution is -2.39. The predicted octanol–water partition coefficient (Wildman–Crippen LogP) is 1.06. The number of hydrogen-bond donors (Lipinski definition) is 1. The number of nitrogens with zero attached hydrogens (tertiary/aromatic N) is 2. The first-order valence-electron chi connectivity index (χ1n) is 7.03. The number of sulfonamides is 1. The molecular weight excluding hydrogens is 294 g/mol. The maximum absolute atomic E-state index is 12.7. The van der Waals surface area contributed by atoms with E-state index in [0.717, 1.165) is 17.7 Å². The Balaban J connectivity index is 1.84. The van der Waals surface area contributed by atoms with Crippen LogP contribution in [-0.2, 0) is 16.6 Å². The van der Waals surface area contributed by atoms with Crippen molar-refractivity contribution >= 4 is 21.4 Å². The molecule has 0 saturated carbocycles. The fourth-order valence-corrected chi connectivity index (χ4v) is 6.11. The van der Waals surface area contributed by atoms with Crippen LogP contribution in [0.25, 0.3) is 0 Å². The summed E-state index contributed by atoms with van der Waals surface area (Å²) >= 11 is 1.29. The fourth-order valence-electron chi connectivity index (χ4n) is 3.23. The van der Waals surface area contributed by atoms with E-state index in [2.05, 4.69) is 11.9 Å². The van der Waals surface area contributed by atoms with E-state index in [1.165, 1.54) is 17.8 Å². The Morgan fingerprint density at radius 1 is 1.30 bits per heavy atom. The standard InChI is InChI=1S/C13H21N3O2S2/c1-15-10-2-3-11(15)9-16(7-6-10)20(17,18)13-5-4-12(8-14)19-13/h4-5,10-11H,2-3,6-9,14H2,1H3. The van der Waals surface area contributed by atoms with E-state index < -0.39 is 10.0 Å². The first-order chi connectivity index (χ1) is 9.52. The second-order valence-corrected chi connectivity index (χ2v) is 8.96. The monoisotopic (exact) mass is 315 g/mol. The van der Waals surface area contributed by atoms with Crippen LogP contribution < -0.4 is 5.73 Å². The third-order valence-corrected chi connectivity index (χ3v) is 7.98. The Hall–Kier alpha value is -0.470. The molecule has 3 rings (SSSR count). The van der Waals surface area contributed by atoms with Gasteiger partial charge in [0.25, 0.3) is 10.0 Å². The van der Waals surface area contributed by atoms with Crippen molar-refractivity contribution in [2.75, 3.05) is 20.1 Å². The molecule has 2 atom stereocenters. The molecule has 2 aliphatic rings. The average molecular weight is 315 g/mol. The third-order valence-electron chi connectivity index (χ3n) is 4.54. The minimum atomic E-state index is -3.35. The topological polar surface area (TPSA) is 66.6 Å². The summed E-state index contributed by atoms with van der Waals surface area (Å²) in [4.78, 5) is 3.27. The SMILES string of the molecule is CN1C2CCC1CN(S(=O)(=O)c1ccc(CN)s1)CC2. The molecule has 2 aliphatic heterocycles. The lowest BCUT2D eigenvalue weighted by Gasteiger charge is -2.24. The molecule has 112 valence electrons. The molecule has 1 aromatic rings. The smallest absolute Gasteiger partial charge is 0.252 e. The molecule has 0 spiro atoms. The van der Waals surface area contributed by atoms with E-state index in [0.29, 0.717) is 35.9 Å². The zero-order valence-corrected chi connectivity index (χ0v) is 13.3. The Labute approximate surface area is 124 Å². The minimum Gasteiger partial charge on any atom is -0.326 e. The molecule has 2 fully saturated rings. The van der Waals surface area contributed by atoms with Crippen LogP contribution in [0.4, 0.5) is 0 Å². The van der Waals surface area contributed by atoms with Crippen molar-refractivity contribution in [3.63, 3.8) is 0 Å². The number of rotatable bonds is 3. The highest BCUT2D eigenvalue weighted by Gasteiger charge is 2.38. The van der Waals surface area contributed by atoms with Gasteiger partial charge in [-0.25, -0.2) is 8.42 Å². The summed E-state index contributed by atoms with van der Waals surface area (Å²) in [6.45, 7) is 1.64. The van der Waals surface area contributed by atoms with Crippen LogP contribution in [0.15, 0.2) is 16.3 Å². The first-order valence-corrected chi connectivity index (χ1v) is 9.29. The Bertz CT molecular complexity index is 584. The maximum atomic E-state index is 12.7. The van der Waals surface area contributed by atoms with Gasteiger partial charge >= 0.3 is 0 Å². The van der Waals surface area contributed by atoms with Gasteiger partial charge < -0.3 is 5.73 Å². The molecule has 1 aromatic heterocycles. The van der Waals surface area contributed by atoms with Crippen LogP contribution in [-0.4, -0.2) is 49.8 Å². The summed E-state index contributed by atoms with van der Waals surface area (Å²) in [6, 6.07) is 4.41. The number of nitrogens with two attached hydrogens (primary N) is 1. The van der Waals surface area contributed by atoms with Gasteiger partial charge in [-0.3, -0.25) is 4.90 Å². The zero-order valence-electron chi connectivity index (χ0n) is 11.7. The summed E-state index contributed by atoms with van der Waals surface area (Å²) in [5.74, 6) is 0. The summed E-state index contributed by atoms with van der Waals surface area (Å²) < 4.78 is 27.6. The van der Waals surface area contributed by atoms with Crippen LogP contribution in [0.1, 0.15) is 24.1 Å². The van der Waals surface area contributed by atoms with Gasteiger partial charge in [-0.1, -0.05) is 0 Å². The predicted molar refractivity (Wildman–Crippen MR) is 80.2 cm³/mol. The molecule has 3 heterocycles. The first kappa shape index (κ1) is 14.5. The van der Waals surface area contributed by atoms with Crippen molar-refractivity contribution < 1.29 is 8.42 Å². The molecule has 7 heteroatoms. The van der Waals surface area contributed by atoms with E-state index in [9.17, 15) is 8.42 Å². The second kappa shape index (κ2) is 5.38. The van der Waals surface area contributed by atoms with Crippen molar-refractivity contribution in [2.45, 2.75) is 42.1 Å². The lowest BCUT2D eigenvalue weighted by molar-refractivity contribution is 0.247. The molecule has 0 radical (unpaired) electrons. The Morgan fingerprint density at radius 3 is 2.75 bits per heavy atom. The quantitative estimate of drug-likeness (QED) is 0.906. The molecule has 2 unspecified atom stereocenters. The van der Waals surface area contributed by atoms with Crippen molar-refractivity contribution in [3.05, 3.63) is 17.0 Å². The molecule has 2 saturated heterocycles. The number of thiophene rings is 1. The molecule has 20 heavy (non-hydrogen) atoms. The van der Waals surface area contributed by atoms with Gasteiger partial charge in [-0.05, 0) is 38.4 Å². The molecular formula is C13H21N3O2S2. The molecule has 2 bridgehead atoms. The number of hydrogen-bond acceptors (Lipinski definition) is 5. The van der Waals surface area contributed by atoms with Gasteiger partial charge in [-0.2, -0.15) is 4.31 Å². The largest absolute Gasteiger partial charge is 0.326 e. The molecule has 2 N–H and O–H groups in total. The normalized spacial score (nSPS) is 28.7. The van der Waals surface area contributed by atoms with Gasteiger partial charge in [0.2, 0.25) is 0 Å². The van der Waals surface area contributed by atoms with Gasteiger partial charge in [0.05, 0.1) is 0 Å². The van der Waals surface area contributed by atoms with Gasteiger partial charge in [0.15, 0.2) is 0 Å². The van der Waals surface area contributed by atoms with E-state index in [4.69, 9.17) is 5.73 Å². The van der Waals surface area contributed by atoms with Crippen molar-refractivity contribution in [2.24, 2.45) is 5.73 Å². The summed E-state index contributed by atoms with van der Waals surface area (Å²) in [5, 5.41) is 0. The number of fused-ring (bicyclic) bond motifs is 2. The highest BCUT2D eigenvalue weighted by molar-refractivity contribution is 7.91. The highest BCUT2D eigenvalue weighted by atomic mass is 32.2. The van der Waals surface area contributed by atoms with Crippen LogP contribution in [0.3, 0.4) is 0 Å². The summed E-state index contributed by atoms with van der Waals surface area (Å²) in [7, 11) is -1.23. The average Bonchev–Trinajstić information content (AvgIpc) is 2.95. The van der Waals surface area contributed by atoms with E-state index in [-0.39, 0.29) is 0 Å². The third kappa shape index (κ3) is 2.42. The minimum absolute atomic E-state index is 0.367. The molecule has 5 nitrogen and oxygen atoms in total. The van der Waals surface area contributed by atoms with Crippen molar-refractivity contribution in [1.82, 2.24) is 9.21 Å². The molecule has 0 aliphatic carbocycles. The lowest BCUT2D eigenvalue weighted by atomic mass is 10.1. The maximum Gasteiger partial charge on any atom is 0.252 e. The van der Waals surface area contributed by atoms with Gasteiger partial charge in [0, 0.05) is 36.6 Å². The van der Waals surface area contributed by atoms with E-state index >= 15 is 0 Å². The van der Waals surface area contributed by atoms with Crippen LogP contribution in [0.5, 0.6) is 0 Å². The summed E-state index contributed by atoms with van der Waals surface area (Å²) in [5.41, 5.74) is 5.57. The van der Waals surface area contributed by atoms with E-state index in [1.54, 1.807) is 10.4 Å². The van der Waals surface area contributed by atoms with Crippen LogP contribution >= 0.6 is 11.3 Å². The number of likely N-dealkylation sites (N-methyl/N-ethyl adjacent to an activating group) is 1. The van der Waals surface area contributed by atoms with Gasteiger partial charge in [0.1, 0.15) is 4.21 Å². The zero-order chi connectivity index (χ0) is 14.3.